The first-order chi connectivity index (χ1) is 5.02. The highest BCUT2D eigenvalue weighted by molar-refractivity contribution is 4.80. The number of hydrogen-bond donors (Lipinski definition) is 0. The molecule has 0 aromatic heterocycles. The van der Waals surface area contributed by atoms with E-state index in [2.05, 4.69) is 27.7 Å². The van der Waals surface area contributed by atoms with Crippen LogP contribution < -0.4 is 0 Å². The molecule has 0 heteroatoms. The number of rotatable bonds is 1. The van der Waals surface area contributed by atoms with Gasteiger partial charge in [0.1, 0.15) is 0 Å². The summed E-state index contributed by atoms with van der Waals surface area (Å²) in [6.07, 6.45) is 5.92. The molecule has 1 rings (SSSR count). The molecular formula is C11H22. The molecule has 1 unspecified atom stereocenters. The summed E-state index contributed by atoms with van der Waals surface area (Å²) in [5, 5.41) is 0. The van der Waals surface area contributed by atoms with E-state index >= 15 is 0 Å². The van der Waals surface area contributed by atoms with Crippen molar-refractivity contribution in [2.75, 3.05) is 0 Å². The highest BCUT2D eigenvalue weighted by atomic mass is 14.3. The molecule has 0 heterocycles. The van der Waals surface area contributed by atoms with Crippen molar-refractivity contribution in [1.29, 1.82) is 0 Å². The van der Waals surface area contributed by atoms with Crippen LogP contribution in [0.5, 0.6) is 0 Å². The minimum Gasteiger partial charge on any atom is -0.0617 e. The van der Waals surface area contributed by atoms with Gasteiger partial charge in [-0.1, -0.05) is 53.4 Å². The largest absolute Gasteiger partial charge is 0.0617 e. The van der Waals surface area contributed by atoms with Crippen LogP contribution in [0.1, 0.15) is 53.4 Å². The zero-order chi connectivity index (χ0) is 8.48. The first-order valence-corrected chi connectivity index (χ1v) is 5.02. The molecule has 1 saturated carbocycles. The van der Waals surface area contributed by atoms with Crippen LogP contribution in [0.25, 0.3) is 0 Å². The quantitative estimate of drug-likeness (QED) is 0.538. The molecule has 66 valence electrons. The van der Waals surface area contributed by atoms with Crippen LogP contribution in [0.2, 0.25) is 0 Å². The average Bonchev–Trinajstić information content (AvgIpc) is 2.34. The monoisotopic (exact) mass is 154 g/mol. The molecular weight excluding hydrogens is 132 g/mol. The van der Waals surface area contributed by atoms with Gasteiger partial charge in [-0.25, -0.2) is 0 Å². The summed E-state index contributed by atoms with van der Waals surface area (Å²) in [7, 11) is 0. The lowest BCUT2D eigenvalue weighted by Gasteiger charge is -2.32. The standard InChI is InChI=1S/C11H22/c1-9(11(2,3)4)10-7-5-6-8-10/h9-10H,5-8H2,1-4H3. The van der Waals surface area contributed by atoms with Crippen LogP contribution in [0.3, 0.4) is 0 Å². The summed E-state index contributed by atoms with van der Waals surface area (Å²) in [4.78, 5) is 0. The molecule has 1 fully saturated rings. The van der Waals surface area contributed by atoms with E-state index < -0.39 is 0 Å². The zero-order valence-electron chi connectivity index (χ0n) is 8.48. The summed E-state index contributed by atoms with van der Waals surface area (Å²) in [6.45, 7) is 9.54. The fraction of sp³-hybridized carbons (Fsp3) is 1.00. The number of hydrogen-bond acceptors (Lipinski definition) is 0. The summed E-state index contributed by atoms with van der Waals surface area (Å²) < 4.78 is 0. The Bertz CT molecular complexity index is 112. The third kappa shape index (κ3) is 2.21. The van der Waals surface area contributed by atoms with Gasteiger partial charge in [-0.05, 0) is 17.3 Å². The molecule has 1 aliphatic carbocycles. The van der Waals surface area contributed by atoms with Crippen molar-refractivity contribution in [2.45, 2.75) is 53.4 Å². The molecule has 0 aromatic carbocycles. The topological polar surface area (TPSA) is 0 Å². The van der Waals surface area contributed by atoms with Gasteiger partial charge in [0.25, 0.3) is 0 Å². The van der Waals surface area contributed by atoms with E-state index in [0.717, 1.165) is 11.8 Å². The zero-order valence-corrected chi connectivity index (χ0v) is 8.48. The van der Waals surface area contributed by atoms with Crippen LogP contribution in [0.4, 0.5) is 0 Å². The van der Waals surface area contributed by atoms with Gasteiger partial charge >= 0.3 is 0 Å². The van der Waals surface area contributed by atoms with Crippen molar-refractivity contribution in [1.82, 2.24) is 0 Å². The molecule has 0 aliphatic heterocycles. The highest BCUT2D eigenvalue weighted by Gasteiger charge is 2.29. The predicted molar refractivity (Wildman–Crippen MR) is 50.6 cm³/mol. The Labute approximate surface area is 71.4 Å². The Kier molecular flexibility index (Phi) is 2.61. The van der Waals surface area contributed by atoms with E-state index in [9.17, 15) is 0 Å². The third-order valence-electron chi connectivity index (χ3n) is 3.47. The van der Waals surface area contributed by atoms with Crippen LogP contribution >= 0.6 is 0 Å². The van der Waals surface area contributed by atoms with E-state index in [1.165, 1.54) is 25.7 Å². The molecule has 1 aliphatic rings. The smallest absolute Gasteiger partial charge is 0.0354 e. The normalized spacial score (nSPS) is 24.0. The Morgan fingerprint density at radius 3 is 1.91 bits per heavy atom. The van der Waals surface area contributed by atoms with Crippen molar-refractivity contribution in [3.63, 3.8) is 0 Å². The van der Waals surface area contributed by atoms with Crippen LogP contribution in [0, 0.1) is 17.3 Å². The molecule has 0 amide bonds. The van der Waals surface area contributed by atoms with Crippen LogP contribution in [-0.2, 0) is 0 Å². The predicted octanol–water partition coefficient (Wildman–Crippen LogP) is 3.86. The summed E-state index contributed by atoms with van der Waals surface area (Å²) in [5.74, 6) is 1.93. The molecule has 0 bridgehead atoms. The van der Waals surface area contributed by atoms with Crippen molar-refractivity contribution in [3.05, 3.63) is 0 Å². The van der Waals surface area contributed by atoms with Crippen molar-refractivity contribution in [2.24, 2.45) is 17.3 Å². The first-order valence-electron chi connectivity index (χ1n) is 5.02. The van der Waals surface area contributed by atoms with Crippen molar-refractivity contribution >= 4 is 0 Å². The minimum absolute atomic E-state index is 0.523. The van der Waals surface area contributed by atoms with Gasteiger partial charge in [-0.15, -0.1) is 0 Å². The molecule has 0 nitrogen and oxygen atoms in total. The Morgan fingerprint density at radius 2 is 1.55 bits per heavy atom. The van der Waals surface area contributed by atoms with Gasteiger partial charge in [0.2, 0.25) is 0 Å². The van der Waals surface area contributed by atoms with Crippen LogP contribution in [-0.4, -0.2) is 0 Å². The molecule has 1 atom stereocenters. The van der Waals surface area contributed by atoms with Gasteiger partial charge in [-0.2, -0.15) is 0 Å². The lowest BCUT2D eigenvalue weighted by atomic mass is 9.74. The maximum absolute atomic E-state index is 2.43. The second-order valence-electron chi connectivity index (χ2n) is 5.20. The lowest BCUT2D eigenvalue weighted by molar-refractivity contribution is 0.179. The Hall–Kier alpha value is 0. The highest BCUT2D eigenvalue weighted by Crippen LogP contribution is 2.40. The molecule has 0 saturated heterocycles. The third-order valence-corrected chi connectivity index (χ3v) is 3.47. The van der Waals surface area contributed by atoms with Crippen molar-refractivity contribution < 1.29 is 0 Å². The lowest BCUT2D eigenvalue weighted by Crippen LogP contribution is -2.23. The average molecular weight is 154 g/mol. The second-order valence-corrected chi connectivity index (χ2v) is 5.20. The fourth-order valence-electron chi connectivity index (χ4n) is 2.16. The van der Waals surface area contributed by atoms with Crippen LogP contribution in [0.15, 0.2) is 0 Å². The van der Waals surface area contributed by atoms with Gasteiger partial charge in [0.05, 0.1) is 0 Å². The maximum atomic E-state index is 2.43. The van der Waals surface area contributed by atoms with Gasteiger partial charge in [0.15, 0.2) is 0 Å². The Balaban J connectivity index is 2.46. The first kappa shape index (κ1) is 9.09. The maximum Gasteiger partial charge on any atom is -0.0354 e. The van der Waals surface area contributed by atoms with E-state index in [1.807, 2.05) is 0 Å². The molecule has 0 spiro atoms. The summed E-state index contributed by atoms with van der Waals surface area (Å²) in [6, 6.07) is 0. The van der Waals surface area contributed by atoms with Gasteiger partial charge < -0.3 is 0 Å². The summed E-state index contributed by atoms with van der Waals surface area (Å²) >= 11 is 0. The van der Waals surface area contributed by atoms with E-state index in [0.29, 0.717) is 5.41 Å². The molecule has 0 radical (unpaired) electrons. The Morgan fingerprint density at radius 1 is 1.09 bits per heavy atom. The fourth-order valence-corrected chi connectivity index (χ4v) is 2.16. The molecule has 11 heavy (non-hydrogen) atoms. The van der Waals surface area contributed by atoms with E-state index in [4.69, 9.17) is 0 Å². The van der Waals surface area contributed by atoms with Gasteiger partial charge in [-0.3, -0.25) is 0 Å². The van der Waals surface area contributed by atoms with Gasteiger partial charge in [0, 0.05) is 0 Å². The van der Waals surface area contributed by atoms with Crippen molar-refractivity contribution in [3.8, 4) is 0 Å². The van der Waals surface area contributed by atoms with E-state index in [1.54, 1.807) is 0 Å². The minimum atomic E-state index is 0.523. The SMILES string of the molecule is CC(C1CCCC1)C(C)(C)C. The van der Waals surface area contributed by atoms with E-state index in [-0.39, 0.29) is 0 Å². The summed E-state index contributed by atoms with van der Waals surface area (Å²) in [5.41, 5.74) is 0.523. The molecule has 0 N–H and O–H groups in total. The molecule has 0 aromatic rings. The second kappa shape index (κ2) is 3.16.